The molecule has 15 nitrogen and oxygen atoms in total. The minimum Gasteiger partial charge on any atom is -0.462 e. The molecule has 0 aromatic rings. The molecule has 8 aliphatic rings. The Bertz CT molecular complexity index is 2090. The summed E-state index contributed by atoms with van der Waals surface area (Å²) in [6, 6.07) is 0.506. The molecule has 8 rings (SSSR count). The predicted octanol–water partition coefficient (Wildman–Crippen LogP) is 3.81. The van der Waals surface area contributed by atoms with Crippen LogP contribution in [0, 0.1) is 29.6 Å². The molecule has 338 valence electrons. The fourth-order valence-electron chi connectivity index (χ4n) is 10.9. The van der Waals surface area contributed by atoms with Gasteiger partial charge < -0.3 is 44.9 Å². The van der Waals surface area contributed by atoms with Crippen LogP contribution < -0.4 is 10.6 Å². The number of Topliss-reactive ketones (excluding diaryl/α,β-unsaturated/α-hetero) is 2. The van der Waals surface area contributed by atoms with Crippen LogP contribution in [0.1, 0.15) is 94.4 Å². The lowest BCUT2D eigenvalue weighted by Gasteiger charge is -2.43. The highest BCUT2D eigenvalue weighted by atomic mass is 16.7. The van der Waals surface area contributed by atoms with Crippen LogP contribution in [-0.2, 0) is 38.1 Å². The molecule has 5 N–H and O–H groups in total. The quantitative estimate of drug-likeness (QED) is 0.256. The van der Waals surface area contributed by atoms with Crippen molar-refractivity contribution in [2.45, 2.75) is 148 Å². The summed E-state index contributed by atoms with van der Waals surface area (Å²) in [4.78, 5) is 64.0. The average Bonchev–Trinajstić information content (AvgIpc) is 3.81. The van der Waals surface area contributed by atoms with Crippen molar-refractivity contribution in [3.8, 4) is 0 Å². The molecule has 0 aromatic heterocycles. The normalized spacial score (nSPS) is 42.1. The van der Waals surface area contributed by atoms with Crippen molar-refractivity contribution < 1.29 is 53.4 Å². The minimum absolute atomic E-state index is 0.0365. The zero-order valence-electron chi connectivity index (χ0n) is 37.6. The van der Waals surface area contributed by atoms with Gasteiger partial charge >= 0.3 is 11.8 Å². The van der Waals surface area contributed by atoms with Crippen molar-refractivity contribution in [2.75, 3.05) is 13.7 Å². The van der Waals surface area contributed by atoms with E-state index in [9.17, 15) is 34.5 Å². The molecule has 7 bridgehead atoms. The summed E-state index contributed by atoms with van der Waals surface area (Å²) < 4.78 is 24.1. The molecule has 0 saturated carbocycles. The zero-order valence-corrected chi connectivity index (χ0v) is 37.6. The van der Waals surface area contributed by atoms with E-state index in [-0.39, 0.29) is 45.8 Å². The van der Waals surface area contributed by atoms with Gasteiger partial charge in [-0.15, -0.1) is 0 Å². The Morgan fingerprint density at radius 3 is 2.29 bits per heavy atom. The number of rotatable bonds is 4. The third-order valence-corrected chi connectivity index (χ3v) is 14.4. The van der Waals surface area contributed by atoms with Gasteiger partial charge in [0.1, 0.15) is 23.2 Å². The maximum absolute atomic E-state index is 14.9. The number of aliphatic hydroxyl groups is 3. The second kappa shape index (κ2) is 17.3. The van der Waals surface area contributed by atoms with Crippen LogP contribution in [0.3, 0.4) is 0 Å². The van der Waals surface area contributed by atoms with E-state index >= 15 is 0 Å². The number of hydrogen-bond acceptors (Lipinski definition) is 14. The van der Waals surface area contributed by atoms with E-state index in [4.69, 9.17) is 23.9 Å². The van der Waals surface area contributed by atoms with Gasteiger partial charge in [0.05, 0.1) is 53.6 Å². The molecule has 6 heterocycles. The lowest BCUT2D eigenvalue weighted by Crippen LogP contribution is -2.55. The first-order valence-corrected chi connectivity index (χ1v) is 22.1. The molecule has 2 aliphatic carbocycles. The van der Waals surface area contributed by atoms with Crippen LogP contribution in [-0.4, -0.2) is 117 Å². The number of hydrogen-bond donors (Lipinski definition) is 5. The Hall–Kier alpha value is -4.41. The van der Waals surface area contributed by atoms with Gasteiger partial charge in [-0.2, -0.15) is 0 Å². The Kier molecular flexibility index (Phi) is 12.7. The van der Waals surface area contributed by atoms with Gasteiger partial charge in [-0.25, -0.2) is 0 Å². The number of carbonyl (C=O) groups excluding carboxylic acids is 4. The first-order valence-electron chi connectivity index (χ1n) is 22.1. The minimum atomic E-state index is -1.94. The number of aliphatic imine (C=N–C) groups is 1. The van der Waals surface area contributed by atoms with Gasteiger partial charge in [-0.1, -0.05) is 52.8 Å². The standard InChI is InChI=1S/C47H64N4O11/c1-11-18-51-29-15-16-30(51)21-47(20-29)49-35-32-33-40(55)27(7)43-34(32)44(57)46(9,62-43)60-19-17-31(59-10)24(4)42(61-28(8)52)26(6)39(54)25(5)38(53)22(2)13-12-14-23(3)45(58)48-37(41(33)56)36(35)50-47/h12-14,17,19,22,24-26,29-31,33,38-40,42,50,53-55H,11,15-16,18,20-21H2,1-10H3,(H,48,58)/b13-12+,19-17+,23-14-/t22-,24+,25+,26+,29?,30?,31-,33?,38-,39+,40?,42+,46-,47?/m0/s1. The number of amides is 1. The monoisotopic (exact) mass is 860 g/mol. The van der Waals surface area contributed by atoms with E-state index in [1.807, 2.05) is 0 Å². The Morgan fingerprint density at radius 1 is 0.984 bits per heavy atom. The summed E-state index contributed by atoms with van der Waals surface area (Å²) in [5, 5.41) is 41.5. The molecule has 1 amide bonds. The Balaban J connectivity index is 1.36. The van der Waals surface area contributed by atoms with Crippen molar-refractivity contribution in [2.24, 2.45) is 34.6 Å². The van der Waals surface area contributed by atoms with Gasteiger partial charge in [0.2, 0.25) is 0 Å². The molecule has 3 fully saturated rings. The maximum Gasteiger partial charge on any atom is 0.312 e. The molecule has 4 unspecified atom stereocenters. The van der Waals surface area contributed by atoms with E-state index in [0.29, 0.717) is 24.3 Å². The number of ketones is 2. The van der Waals surface area contributed by atoms with Crippen LogP contribution in [0.15, 0.2) is 75.0 Å². The molecule has 13 atom stereocenters. The van der Waals surface area contributed by atoms with Crippen LogP contribution in [0.5, 0.6) is 0 Å². The topological polar surface area (TPSA) is 206 Å². The molecule has 0 radical (unpaired) electrons. The van der Waals surface area contributed by atoms with Crippen molar-refractivity contribution in [3.05, 3.63) is 70.0 Å². The van der Waals surface area contributed by atoms with Crippen LogP contribution in [0.2, 0.25) is 0 Å². The number of esters is 1. The molecule has 1 spiro atoms. The summed E-state index contributed by atoms with van der Waals surface area (Å²) in [7, 11) is 1.47. The number of aliphatic hydroxyl groups excluding tert-OH is 3. The summed E-state index contributed by atoms with van der Waals surface area (Å²) in [6.07, 6.45) is 6.95. The largest absolute Gasteiger partial charge is 0.462 e. The van der Waals surface area contributed by atoms with Crippen molar-refractivity contribution >= 4 is 29.2 Å². The summed E-state index contributed by atoms with van der Waals surface area (Å²) in [5.74, 6) is -7.76. The highest BCUT2D eigenvalue weighted by Crippen LogP contribution is 2.52. The van der Waals surface area contributed by atoms with E-state index < -0.39 is 95.0 Å². The number of carbonyl (C=O) groups is 4. The molecule has 3 saturated heterocycles. The molecular formula is C47H64N4O11. The SMILES string of the molecule is CCCN1C2CCC1CC1(C2)N=C2C(=C3NC(=O)/C(C)=C\C=C\[C@H](C)[C@H](O)[C@@H](C)[C@@H](O)[C@@H](C)[C@H](OC(C)=O)[C@H](C)[C@@H](OC)/C=C/O[C@@]4(C)OC5=C(C)C(O)C(C3=O)C2=C5C4=O)N1. The Labute approximate surface area is 364 Å². The third kappa shape index (κ3) is 7.82. The maximum atomic E-state index is 14.9. The second-order valence-corrected chi connectivity index (χ2v) is 18.7. The number of methoxy groups -OCH3 is 1. The number of ether oxygens (including phenoxy) is 4. The summed E-state index contributed by atoms with van der Waals surface area (Å²) in [5.41, 5.74) is 0.609. The van der Waals surface area contributed by atoms with E-state index in [0.717, 1.165) is 25.8 Å². The smallest absolute Gasteiger partial charge is 0.312 e. The third-order valence-electron chi connectivity index (χ3n) is 14.4. The fraction of sp³-hybridized carbons (Fsp3) is 0.638. The number of fused-ring (bicyclic) bond motifs is 15. The first kappa shape index (κ1) is 45.6. The van der Waals surface area contributed by atoms with E-state index in [1.54, 1.807) is 65.8 Å². The molecule has 62 heavy (non-hydrogen) atoms. The van der Waals surface area contributed by atoms with Gasteiger partial charge in [-0.3, -0.25) is 29.1 Å². The highest BCUT2D eigenvalue weighted by Gasteiger charge is 2.60. The van der Waals surface area contributed by atoms with Crippen molar-refractivity contribution in [1.29, 1.82) is 0 Å². The fourth-order valence-corrected chi connectivity index (χ4v) is 10.9. The number of nitrogens with one attached hydrogen (secondary N) is 2. The number of allylic oxidation sites excluding steroid dienone is 5. The highest BCUT2D eigenvalue weighted by molar-refractivity contribution is 6.29. The average molecular weight is 861 g/mol. The zero-order chi connectivity index (χ0) is 45.2. The van der Waals surface area contributed by atoms with Crippen molar-refractivity contribution in [1.82, 2.24) is 15.5 Å². The number of nitrogens with zero attached hydrogens (tertiary/aromatic N) is 2. The van der Waals surface area contributed by atoms with Crippen LogP contribution >= 0.6 is 0 Å². The molecule has 6 aliphatic heterocycles. The molecular weight excluding hydrogens is 797 g/mol. The number of piperidine rings is 1. The lowest BCUT2D eigenvalue weighted by atomic mass is 9.71. The first-order chi connectivity index (χ1) is 29.3. The van der Waals surface area contributed by atoms with Gasteiger partial charge in [0.15, 0.2) is 5.78 Å². The van der Waals surface area contributed by atoms with Crippen LogP contribution in [0.25, 0.3) is 0 Å². The van der Waals surface area contributed by atoms with Gasteiger partial charge in [-0.05, 0) is 51.3 Å². The van der Waals surface area contributed by atoms with E-state index in [1.165, 1.54) is 27.2 Å². The summed E-state index contributed by atoms with van der Waals surface area (Å²) >= 11 is 0. The van der Waals surface area contributed by atoms with E-state index in [2.05, 4.69) is 22.5 Å². The van der Waals surface area contributed by atoms with Gasteiger partial charge in [0.25, 0.3) is 11.7 Å². The second-order valence-electron chi connectivity index (χ2n) is 18.7. The van der Waals surface area contributed by atoms with Gasteiger partial charge in [0, 0.05) is 80.7 Å². The predicted molar refractivity (Wildman–Crippen MR) is 228 cm³/mol. The van der Waals surface area contributed by atoms with Crippen LogP contribution in [0.4, 0.5) is 0 Å². The van der Waals surface area contributed by atoms with Crippen molar-refractivity contribution in [3.63, 3.8) is 0 Å². The lowest BCUT2D eigenvalue weighted by molar-refractivity contribution is -0.169. The summed E-state index contributed by atoms with van der Waals surface area (Å²) in [6.45, 7) is 16.1. The molecule has 0 aromatic carbocycles. The Morgan fingerprint density at radius 2 is 1.66 bits per heavy atom. The molecule has 15 heteroatoms.